The van der Waals surface area contributed by atoms with Crippen LogP contribution in [0, 0.1) is 0 Å². The van der Waals surface area contributed by atoms with Crippen LogP contribution in [-0.2, 0) is 0 Å². The Hall–Kier alpha value is -1.80. The predicted molar refractivity (Wildman–Crippen MR) is 81.6 cm³/mol. The monoisotopic (exact) mass is 252 g/mol. The summed E-state index contributed by atoms with van der Waals surface area (Å²) in [5.41, 5.74) is 3.91. The molecule has 3 rings (SSSR count). The van der Waals surface area contributed by atoms with E-state index in [-0.39, 0.29) is 0 Å². The van der Waals surface area contributed by atoms with E-state index in [1.807, 2.05) is 0 Å². The number of piperazine rings is 1. The molecule has 1 atom stereocenters. The molecule has 2 aromatic carbocycles. The Balaban J connectivity index is 1.91. The first-order chi connectivity index (χ1) is 9.34. The van der Waals surface area contributed by atoms with E-state index in [2.05, 4.69) is 71.7 Å². The standard InChI is InChI=1S/C17H20N2/c1-14-13-18-10-11-19(14)17-9-5-8-16(12-17)15-6-3-2-4-7-15/h2-9,12,14,18H,10-11,13H2,1H3. The topological polar surface area (TPSA) is 15.3 Å². The minimum absolute atomic E-state index is 0.555. The fourth-order valence-corrected chi connectivity index (χ4v) is 2.72. The molecule has 2 heteroatoms. The highest BCUT2D eigenvalue weighted by Gasteiger charge is 2.18. The van der Waals surface area contributed by atoms with Crippen molar-refractivity contribution in [2.75, 3.05) is 24.5 Å². The molecule has 0 aliphatic carbocycles. The van der Waals surface area contributed by atoms with Gasteiger partial charge in [0.2, 0.25) is 0 Å². The molecule has 1 aliphatic heterocycles. The van der Waals surface area contributed by atoms with Crippen LogP contribution in [0.25, 0.3) is 11.1 Å². The zero-order valence-electron chi connectivity index (χ0n) is 11.3. The Bertz CT molecular complexity index is 536. The van der Waals surface area contributed by atoms with Crippen LogP contribution in [0.3, 0.4) is 0 Å². The smallest absolute Gasteiger partial charge is 0.0386 e. The second-order valence-corrected chi connectivity index (χ2v) is 5.16. The van der Waals surface area contributed by atoms with Gasteiger partial charge in [-0.15, -0.1) is 0 Å². The number of rotatable bonds is 2. The third kappa shape index (κ3) is 2.64. The van der Waals surface area contributed by atoms with Crippen molar-refractivity contribution in [1.82, 2.24) is 5.32 Å². The van der Waals surface area contributed by atoms with Crippen LogP contribution in [0.4, 0.5) is 5.69 Å². The Kier molecular flexibility index (Phi) is 3.51. The molecule has 1 heterocycles. The van der Waals surface area contributed by atoms with Crippen molar-refractivity contribution in [3.05, 3.63) is 54.6 Å². The lowest BCUT2D eigenvalue weighted by Crippen LogP contribution is -2.49. The zero-order valence-corrected chi connectivity index (χ0v) is 11.3. The maximum Gasteiger partial charge on any atom is 0.0386 e. The molecular formula is C17H20N2. The number of nitrogens with one attached hydrogen (secondary N) is 1. The third-order valence-corrected chi connectivity index (χ3v) is 3.79. The SMILES string of the molecule is CC1CNCCN1c1cccc(-c2ccccc2)c1. The molecule has 0 bridgehead atoms. The number of nitrogens with zero attached hydrogens (tertiary/aromatic N) is 1. The molecule has 2 aromatic rings. The molecule has 0 amide bonds. The Morgan fingerprint density at radius 3 is 2.58 bits per heavy atom. The lowest BCUT2D eigenvalue weighted by Gasteiger charge is -2.36. The van der Waals surface area contributed by atoms with Gasteiger partial charge in [0, 0.05) is 31.4 Å². The van der Waals surface area contributed by atoms with E-state index >= 15 is 0 Å². The minimum atomic E-state index is 0.555. The van der Waals surface area contributed by atoms with Crippen LogP contribution in [0.5, 0.6) is 0 Å². The number of hydrogen-bond acceptors (Lipinski definition) is 2. The van der Waals surface area contributed by atoms with Crippen LogP contribution < -0.4 is 10.2 Å². The maximum absolute atomic E-state index is 3.44. The molecule has 1 N–H and O–H groups in total. The highest BCUT2D eigenvalue weighted by atomic mass is 15.2. The van der Waals surface area contributed by atoms with Crippen LogP contribution in [0.15, 0.2) is 54.6 Å². The van der Waals surface area contributed by atoms with Crippen molar-refractivity contribution in [2.45, 2.75) is 13.0 Å². The molecule has 19 heavy (non-hydrogen) atoms. The van der Waals surface area contributed by atoms with E-state index in [4.69, 9.17) is 0 Å². The van der Waals surface area contributed by atoms with Gasteiger partial charge in [-0.1, -0.05) is 42.5 Å². The van der Waals surface area contributed by atoms with Crippen molar-refractivity contribution in [3.8, 4) is 11.1 Å². The summed E-state index contributed by atoms with van der Waals surface area (Å²) in [5, 5.41) is 3.44. The molecule has 0 spiro atoms. The van der Waals surface area contributed by atoms with Crippen LogP contribution in [0.1, 0.15) is 6.92 Å². The summed E-state index contributed by atoms with van der Waals surface area (Å²) in [6.07, 6.45) is 0. The number of hydrogen-bond donors (Lipinski definition) is 1. The fourth-order valence-electron chi connectivity index (χ4n) is 2.72. The molecule has 0 radical (unpaired) electrons. The molecule has 1 unspecified atom stereocenters. The molecule has 0 aromatic heterocycles. The summed E-state index contributed by atoms with van der Waals surface area (Å²) < 4.78 is 0. The highest BCUT2D eigenvalue weighted by molar-refractivity contribution is 5.68. The summed E-state index contributed by atoms with van der Waals surface area (Å²) in [4.78, 5) is 2.49. The van der Waals surface area contributed by atoms with E-state index in [0.717, 1.165) is 19.6 Å². The van der Waals surface area contributed by atoms with Crippen LogP contribution in [0.2, 0.25) is 0 Å². The lowest BCUT2D eigenvalue weighted by molar-refractivity contribution is 0.501. The predicted octanol–water partition coefficient (Wildman–Crippen LogP) is 3.15. The third-order valence-electron chi connectivity index (χ3n) is 3.79. The van der Waals surface area contributed by atoms with E-state index in [1.165, 1.54) is 16.8 Å². The molecule has 2 nitrogen and oxygen atoms in total. The van der Waals surface area contributed by atoms with Crippen molar-refractivity contribution >= 4 is 5.69 Å². The average Bonchev–Trinajstić information content (AvgIpc) is 2.49. The normalized spacial score (nSPS) is 19.4. The van der Waals surface area contributed by atoms with Gasteiger partial charge in [0.25, 0.3) is 0 Å². The molecule has 1 fully saturated rings. The van der Waals surface area contributed by atoms with Gasteiger partial charge in [-0.2, -0.15) is 0 Å². The largest absolute Gasteiger partial charge is 0.366 e. The van der Waals surface area contributed by atoms with Crippen LogP contribution >= 0.6 is 0 Å². The summed E-state index contributed by atoms with van der Waals surface area (Å²) in [6.45, 7) is 5.50. The fraction of sp³-hybridized carbons (Fsp3) is 0.294. The lowest BCUT2D eigenvalue weighted by atomic mass is 10.0. The summed E-state index contributed by atoms with van der Waals surface area (Å²) in [7, 11) is 0. The van der Waals surface area contributed by atoms with Crippen molar-refractivity contribution in [2.24, 2.45) is 0 Å². The molecule has 0 saturated carbocycles. The van der Waals surface area contributed by atoms with Gasteiger partial charge >= 0.3 is 0 Å². The molecular weight excluding hydrogens is 232 g/mol. The van der Waals surface area contributed by atoms with Crippen molar-refractivity contribution < 1.29 is 0 Å². The first-order valence-electron chi connectivity index (χ1n) is 6.97. The maximum atomic E-state index is 3.44. The van der Waals surface area contributed by atoms with Gasteiger partial charge in [-0.25, -0.2) is 0 Å². The van der Waals surface area contributed by atoms with E-state index in [0.29, 0.717) is 6.04 Å². The first-order valence-corrected chi connectivity index (χ1v) is 6.97. The molecule has 98 valence electrons. The molecule has 1 aliphatic rings. The highest BCUT2D eigenvalue weighted by Crippen LogP contribution is 2.26. The van der Waals surface area contributed by atoms with Gasteiger partial charge in [0.15, 0.2) is 0 Å². The van der Waals surface area contributed by atoms with Gasteiger partial charge < -0.3 is 10.2 Å². The van der Waals surface area contributed by atoms with Crippen LogP contribution in [-0.4, -0.2) is 25.7 Å². The number of anilines is 1. The second kappa shape index (κ2) is 5.45. The van der Waals surface area contributed by atoms with Gasteiger partial charge in [0.05, 0.1) is 0 Å². The summed E-state index contributed by atoms with van der Waals surface area (Å²) in [6, 6.07) is 20.0. The van der Waals surface area contributed by atoms with E-state index in [9.17, 15) is 0 Å². The second-order valence-electron chi connectivity index (χ2n) is 5.16. The summed E-state index contributed by atoms with van der Waals surface area (Å²) >= 11 is 0. The van der Waals surface area contributed by atoms with Gasteiger partial charge in [0.1, 0.15) is 0 Å². The Labute approximate surface area is 115 Å². The summed E-state index contributed by atoms with van der Waals surface area (Å²) in [5.74, 6) is 0. The van der Waals surface area contributed by atoms with Gasteiger partial charge in [-0.05, 0) is 30.2 Å². The Morgan fingerprint density at radius 1 is 1.00 bits per heavy atom. The van der Waals surface area contributed by atoms with Gasteiger partial charge in [-0.3, -0.25) is 0 Å². The van der Waals surface area contributed by atoms with E-state index in [1.54, 1.807) is 0 Å². The quantitative estimate of drug-likeness (QED) is 0.883. The van der Waals surface area contributed by atoms with E-state index < -0.39 is 0 Å². The number of benzene rings is 2. The minimum Gasteiger partial charge on any atom is -0.366 e. The first kappa shape index (κ1) is 12.2. The Morgan fingerprint density at radius 2 is 1.79 bits per heavy atom. The van der Waals surface area contributed by atoms with Crippen molar-refractivity contribution in [1.29, 1.82) is 0 Å². The zero-order chi connectivity index (χ0) is 13.1. The molecule has 1 saturated heterocycles. The average molecular weight is 252 g/mol. The van der Waals surface area contributed by atoms with Crippen molar-refractivity contribution in [3.63, 3.8) is 0 Å².